The van der Waals surface area contributed by atoms with Crippen molar-refractivity contribution in [2.75, 3.05) is 0 Å². The van der Waals surface area contributed by atoms with Crippen molar-refractivity contribution in [2.24, 2.45) is 0 Å². The maximum absolute atomic E-state index is 12.5. The minimum absolute atomic E-state index is 0.0347. The quantitative estimate of drug-likeness (QED) is 0.776. The lowest BCUT2D eigenvalue weighted by Crippen LogP contribution is -2.00. The van der Waals surface area contributed by atoms with Crippen LogP contribution in [0.2, 0.25) is 0 Å². The van der Waals surface area contributed by atoms with E-state index in [1.54, 1.807) is 17.5 Å². The number of halogens is 2. The molecule has 0 atom stereocenters. The molecule has 0 aliphatic heterocycles. The highest BCUT2D eigenvalue weighted by atomic mass is 32.1. The zero-order valence-corrected chi connectivity index (χ0v) is 8.95. The van der Waals surface area contributed by atoms with Crippen molar-refractivity contribution in [3.8, 4) is 0 Å². The maximum Gasteiger partial charge on any atom is 0.281 e. The molecule has 0 aromatic carbocycles. The van der Waals surface area contributed by atoms with Gasteiger partial charge >= 0.3 is 0 Å². The Hall–Kier alpha value is -1.14. The summed E-state index contributed by atoms with van der Waals surface area (Å²) in [5.41, 5.74) is 0.848. The molecule has 0 spiro atoms. The van der Waals surface area contributed by atoms with E-state index in [1.807, 2.05) is 0 Å². The molecule has 2 heterocycles. The monoisotopic (exact) mass is 245 g/mol. The summed E-state index contributed by atoms with van der Waals surface area (Å²) in [6, 6.07) is 3.32. The molecule has 0 unspecified atom stereocenters. The van der Waals surface area contributed by atoms with Gasteiger partial charge in [0.1, 0.15) is 10.6 Å². The van der Waals surface area contributed by atoms with Gasteiger partial charge in [0.2, 0.25) is 5.78 Å². The zero-order valence-electron chi connectivity index (χ0n) is 7.31. The highest BCUT2D eigenvalue weighted by Gasteiger charge is 2.22. The van der Waals surface area contributed by atoms with Gasteiger partial charge in [0, 0.05) is 0 Å². The van der Waals surface area contributed by atoms with Crippen LogP contribution in [0, 0.1) is 0 Å². The Morgan fingerprint density at radius 3 is 2.80 bits per heavy atom. The summed E-state index contributed by atoms with van der Waals surface area (Å²) < 4.78 is 24.9. The van der Waals surface area contributed by atoms with Crippen LogP contribution < -0.4 is 0 Å². The molecule has 0 amide bonds. The summed E-state index contributed by atoms with van der Waals surface area (Å²) in [7, 11) is 0. The topological polar surface area (TPSA) is 30.0 Å². The van der Waals surface area contributed by atoms with E-state index in [4.69, 9.17) is 0 Å². The van der Waals surface area contributed by atoms with E-state index < -0.39 is 12.1 Å². The second-order valence-corrected chi connectivity index (χ2v) is 4.48. The number of hydrogen-bond donors (Lipinski definition) is 0. The maximum atomic E-state index is 12.5. The van der Waals surface area contributed by atoms with Gasteiger partial charge in [-0.1, -0.05) is 6.07 Å². The number of aromatic nitrogens is 1. The Morgan fingerprint density at radius 2 is 2.20 bits per heavy atom. The standard InChI is InChI=1S/C9H5F2NOS2/c10-9(11)6-8(15-4-12-6)7(13)5-2-1-3-14-5/h1-4,9H. The molecule has 78 valence electrons. The SMILES string of the molecule is O=C(c1cccs1)c1scnc1C(F)F. The van der Waals surface area contributed by atoms with Gasteiger partial charge in [-0.25, -0.2) is 13.8 Å². The third-order valence-electron chi connectivity index (χ3n) is 1.75. The number of carbonyl (C=O) groups is 1. The summed E-state index contributed by atoms with van der Waals surface area (Å²) in [5, 5.41) is 1.73. The van der Waals surface area contributed by atoms with E-state index in [2.05, 4.69) is 4.98 Å². The van der Waals surface area contributed by atoms with Gasteiger partial charge in [0.05, 0.1) is 10.4 Å². The van der Waals surface area contributed by atoms with E-state index in [0.29, 0.717) is 4.88 Å². The molecule has 0 saturated heterocycles. The van der Waals surface area contributed by atoms with Gasteiger partial charge in [0.15, 0.2) is 0 Å². The summed E-state index contributed by atoms with van der Waals surface area (Å²) in [4.78, 5) is 15.7. The molecule has 2 rings (SSSR count). The van der Waals surface area contributed by atoms with Crippen molar-refractivity contribution in [3.63, 3.8) is 0 Å². The molecule has 0 aliphatic rings. The fourth-order valence-electron chi connectivity index (χ4n) is 1.10. The lowest BCUT2D eigenvalue weighted by Gasteiger charge is -1.97. The molecular weight excluding hydrogens is 240 g/mol. The Bertz CT molecular complexity index is 464. The second kappa shape index (κ2) is 4.16. The number of thiazole rings is 1. The number of nitrogens with zero attached hydrogens (tertiary/aromatic N) is 1. The largest absolute Gasteiger partial charge is 0.287 e. The van der Waals surface area contributed by atoms with Crippen LogP contribution >= 0.6 is 22.7 Å². The number of hydrogen-bond acceptors (Lipinski definition) is 4. The number of ketones is 1. The highest BCUT2D eigenvalue weighted by Crippen LogP contribution is 2.27. The zero-order chi connectivity index (χ0) is 10.8. The molecule has 0 bridgehead atoms. The molecule has 2 aromatic rings. The molecule has 0 radical (unpaired) electrons. The molecule has 0 aliphatic carbocycles. The van der Waals surface area contributed by atoms with Gasteiger partial charge in [-0.3, -0.25) is 4.79 Å². The van der Waals surface area contributed by atoms with Crippen molar-refractivity contribution < 1.29 is 13.6 Å². The summed E-state index contributed by atoms with van der Waals surface area (Å²) in [6.07, 6.45) is -2.70. The second-order valence-electron chi connectivity index (χ2n) is 2.67. The van der Waals surface area contributed by atoms with Crippen LogP contribution in [-0.2, 0) is 0 Å². The summed E-state index contributed by atoms with van der Waals surface area (Å²) in [5.74, 6) is -0.372. The average molecular weight is 245 g/mol. The van der Waals surface area contributed by atoms with Crippen LogP contribution in [0.3, 0.4) is 0 Å². The smallest absolute Gasteiger partial charge is 0.281 e. The fraction of sp³-hybridized carbons (Fsp3) is 0.111. The van der Waals surface area contributed by atoms with Gasteiger partial charge in [-0.15, -0.1) is 22.7 Å². The van der Waals surface area contributed by atoms with Gasteiger partial charge in [-0.05, 0) is 11.4 Å². The van der Waals surface area contributed by atoms with Gasteiger partial charge in [0.25, 0.3) is 6.43 Å². The number of alkyl halides is 2. The Labute approximate surface area is 92.2 Å². The van der Waals surface area contributed by atoms with Crippen LogP contribution in [0.4, 0.5) is 8.78 Å². The lowest BCUT2D eigenvalue weighted by molar-refractivity contribution is 0.103. The Morgan fingerprint density at radius 1 is 1.40 bits per heavy atom. The van der Waals surface area contributed by atoms with E-state index in [0.717, 1.165) is 11.3 Å². The van der Waals surface area contributed by atoms with Gasteiger partial charge < -0.3 is 0 Å². The van der Waals surface area contributed by atoms with E-state index in [9.17, 15) is 13.6 Å². The van der Waals surface area contributed by atoms with Crippen LogP contribution in [0.1, 0.15) is 26.7 Å². The lowest BCUT2D eigenvalue weighted by atomic mass is 10.2. The molecule has 0 N–H and O–H groups in total. The van der Waals surface area contributed by atoms with Crippen molar-refractivity contribution >= 4 is 28.5 Å². The highest BCUT2D eigenvalue weighted by molar-refractivity contribution is 7.15. The molecule has 2 nitrogen and oxygen atoms in total. The Balaban J connectivity index is 2.38. The van der Waals surface area contributed by atoms with Gasteiger partial charge in [-0.2, -0.15) is 0 Å². The number of carbonyl (C=O) groups excluding carboxylic acids is 1. The van der Waals surface area contributed by atoms with E-state index >= 15 is 0 Å². The summed E-state index contributed by atoms with van der Waals surface area (Å²) in [6.45, 7) is 0. The normalized spacial score (nSPS) is 10.9. The van der Waals surface area contributed by atoms with Crippen LogP contribution in [0.25, 0.3) is 0 Å². The minimum Gasteiger partial charge on any atom is -0.287 e. The van der Waals surface area contributed by atoms with Crippen LogP contribution in [0.15, 0.2) is 23.0 Å². The van der Waals surface area contributed by atoms with E-state index in [1.165, 1.54) is 16.8 Å². The minimum atomic E-state index is -2.70. The van der Waals surface area contributed by atoms with Crippen molar-refractivity contribution in [3.05, 3.63) is 38.5 Å². The van der Waals surface area contributed by atoms with Crippen LogP contribution in [-0.4, -0.2) is 10.8 Å². The van der Waals surface area contributed by atoms with Crippen molar-refractivity contribution in [1.29, 1.82) is 0 Å². The molecule has 0 fully saturated rings. The van der Waals surface area contributed by atoms with E-state index in [-0.39, 0.29) is 10.7 Å². The number of rotatable bonds is 3. The predicted octanol–water partition coefficient (Wildman–Crippen LogP) is 3.37. The van der Waals surface area contributed by atoms with Crippen LogP contribution in [0.5, 0.6) is 0 Å². The third-order valence-corrected chi connectivity index (χ3v) is 3.46. The molecular formula is C9H5F2NOS2. The first-order valence-electron chi connectivity index (χ1n) is 4.00. The first kappa shape index (κ1) is 10.4. The summed E-state index contributed by atoms with van der Waals surface area (Å²) >= 11 is 2.18. The first-order chi connectivity index (χ1) is 7.20. The van der Waals surface area contributed by atoms with Crippen molar-refractivity contribution in [2.45, 2.75) is 6.43 Å². The molecule has 2 aromatic heterocycles. The van der Waals surface area contributed by atoms with Crippen molar-refractivity contribution in [1.82, 2.24) is 4.98 Å². The average Bonchev–Trinajstić information content (AvgIpc) is 2.88. The molecule has 6 heteroatoms. The molecule has 15 heavy (non-hydrogen) atoms. The fourth-order valence-corrected chi connectivity index (χ4v) is 2.59. The first-order valence-corrected chi connectivity index (χ1v) is 5.76. The predicted molar refractivity (Wildman–Crippen MR) is 54.8 cm³/mol. The third kappa shape index (κ3) is 1.95. The number of thiophene rings is 1. The molecule has 0 saturated carbocycles. The Kier molecular flexibility index (Phi) is 2.88.